The third-order valence-electron chi connectivity index (χ3n) is 4.53. The molecule has 2 aromatic rings. The molecule has 1 aromatic heterocycles. The summed E-state index contributed by atoms with van der Waals surface area (Å²) in [5, 5.41) is 12.9. The Kier molecular flexibility index (Phi) is 4.33. The summed E-state index contributed by atoms with van der Waals surface area (Å²) in [5.41, 5.74) is 1.63. The van der Waals surface area contributed by atoms with Crippen molar-refractivity contribution in [3.63, 3.8) is 0 Å². The Morgan fingerprint density at radius 3 is 2.75 bits per heavy atom. The predicted octanol–water partition coefficient (Wildman–Crippen LogP) is 3.08. The van der Waals surface area contributed by atoms with Gasteiger partial charge in [-0.2, -0.15) is 18.4 Å². The van der Waals surface area contributed by atoms with Crippen LogP contribution in [0.25, 0.3) is 10.9 Å². The highest BCUT2D eigenvalue weighted by Gasteiger charge is 2.44. The van der Waals surface area contributed by atoms with Crippen molar-refractivity contribution >= 4 is 16.6 Å². The van der Waals surface area contributed by atoms with Crippen molar-refractivity contribution in [2.24, 2.45) is 5.92 Å². The Morgan fingerprint density at radius 1 is 1.29 bits per heavy atom. The maximum absolute atomic E-state index is 13.3. The van der Waals surface area contributed by atoms with E-state index in [1.807, 2.05) is 0 Å². The number of nitrogens with one attached hydrogen (secondary N) is 1. The number of likely N-dealkylation sites (N-methyl/N-ethyl adjacent to an activating group) is 1. The van der Waals surface area contributed by atoms with Gasteiger partial charge in [-0.15, -0.1) is 0 Å². The lowest BCUT2D eigenvalue weighted by Gasteiger charge is -2.40. The van der Waals surface area contributed by atoms with Gasteiger partial charge in [-0.3, -0.25) is 4.98 Å². The van der Waals surface area contributed by atoms with Crippen LogP contribution >= 0.6 is 0 Å². The number of rotatable bonds is 2. The van der Waals surface area contributed by atoms with Crippen LogP contribution in [0.5, 0.6) is 0 Å². The Bertz CT molecular complexity index is 781. The maximum Gasteiger partial charge on any atom is 0.393 e. The van der Waals surface area contributed by atoms with Crippen molar-refractivity contribution in [3.8, 4) is 6.07 Å². The second-order valence-corrected chi connectivity index (χ2v) is 6.01. The molecule has 2 unspecified atom stereocenters. The molecule has 0 bridgehead atoms. The minimum atomic E-state index is -4.23. The third-order valence-corrected chi connectivity index (χ3v) is 4.53. The van der Waals surface area contributed by atoms with Crippen LogP contribution in [0.4, 0.5) is 18.9 Å². The van der Waals surface area contributed by atoms with E-state index in [4.69, 9.17) is 0 Å². The lowest BCUT2D eigenvalue weighted by Crippen LogP contribution is -2.52. The fraction of sp³-hybridized carbons (Fsp3) is 0.412. The summed E-state index contributed by atoms with van der Waals surface area (Å²) in [6.07, 6.45) is -2.57. The number of anilines is 1. The number of pyridine rings is 1. The number of nitriles is 1. The van der Waals surface area contributed by atoms with E-state index in [2.05, 4.69) is 16.4 Å². The van der Waals surface area contributed by atoms with E-state index in [1.54, 1.807) is 42.4 Å². The zero-order chi connectivity index (χ0) is 17.3. The van der Waals surface area contributed by atoms with Gasteiger partial charge in [-0.05, 0) is 37.7 Å². The van der Waals surface area contributed by atoms with Gasteiger partial charge in [0, 0.05) is 36.4 Å². The first kappa shape index (κ1) is 16.5. The fourth-order valence-electron chi connectivity index (χ4n) is 3.27. The molecule has 7 heteroatoms. The Balaban J connectivity index is 2.05. The molecule has 2 heterocycles. The molecule has 1 saturated heterocycles. The maximum atomic E-state index is 13.3. The molecule has 1 fully saturated rings. The van der Waals surface area contributed by atoms with Crippen LogP contribution in [0, 0.1) is 17.2 Å². The number of nitrogens with zero attached hydrogens (tertiary/aromatic N) is 3. The number of benzene rings is 1. The van der Waals surface area contributed by atoms with Crippen molar-refractivity contribution in [3.05, 3.63) is 36.0 Å². The van der Waals surface area contributed by atoms with Crippen molar-refractivity contribution in [1.29, 1.82) is 5.26 Å². The summed E-state index contributed by atoms with van der Waals surface area (Å²) in [6, 6.07) is 8.70. The first-order valence-corrected chi connectivity index (χ1v) is 7.70. The van der Waals surface area contributed by atoms with Crippen LogP contribution < -0.4 is 10.2 Å². The zero-order valence-electron chi connectivity index (χ0n) is 13.1. The highest BCUT2D eigenvalue weighted by atomic mass is 19.4. The molecule has 0 spiro atoms. The van der Waals surface area contributed by atoms with Gasteiger partial charge < -0.3 is 10.2 Å². The molecule has 2 atom stereocenters. The normalized spacial score (nSPS) is 21.7. The number of hydrogen-bond acceptors (Lipinski definition) is 4. The van der Waals surface area contributed by atoms with Gasteiger partial charge >= 0.3 is 6.18 Å². The minimum Gasteiger partial charge on any atom is -0.369 e. The van der Waals surface area contributed by atoms with Crippen LogP contribution in [0.15, 0.2) is 30.5 Å². The van der Waals surface area contributed by atoms with Gasteiger partial charge in [0.25, 0.3) is 0 Å². The van der Waals surface area contributed by atoms with Gasteiger partial charge in [-0.25, -0.2) is 0 Å². The van der Waals surface area contributed by atoms with Crippen LogP contribution in [-0.4, -0.2) is 37.3 Å². The summed E-state index contributed by atoms with van der Waals surface area (Å²) >= 11 is 0. The molecule has 0 saturated carbocycles. The lowest BCUT2D eigenvalue weighted by molar-refractivity contribution is -0.177. The van der Waals surface area contributed by atoms with Crippen LogP contribution in [0.1, 0.15) is 12.0 Å². The summed E-state index contributed by atoms with van der Waals surface area (Å²) in [5.74, 6) is -1.38. The van der Waals surface area contributed by atoms with Crippen LogP contribution in [0.2, 0.25) is 0 Å². The summed E-state index contributed by atoms with van der Waals surface area (Å²) in [4.78, 5) is 5.97. The van der Waals surface area contributed by atoms with Crippen molar-refractivity contribution in [2.45, 2.75) is 18.6 Å². The van der Waals surface area contributed by atoms with E-state index in [-0.39, 0.29) is 19.0 Å². The molecule has 0 aliphatic carbocycles. The molecule has 1 N–H and O–H groups in total. The Labute approximate surface area is 137 Å². The summed E-state index contributed by atoms with van der Waals surface area (Å²) < 4.78 is 39.8. The predicted molar refractivity (Wildman–Crippen MR) is 85.7 cm³/mol. The number of piperidine rings is 1. The van der Waals surface area contributed by atoms with Crippen molar-refractivity contribution < 1.29 is 13.2 Å². The molecule has 3 rings (SSSR count). The topological polar surface area (TPSA) is 52.0 Å². The monoisotopic (exact) mass is 334 g/mol. The molecule has 126 valence electrons. The minimum absolute atomic E-state index is 0.0724. The van der Waals surface area contributed by atoms with Gasteiger partial charge in [0.15, 0.2) is 0 Å². The molecule has 0 amide bonds. The molecule has 1 aromatic carbocycles. The largest absolute Gasteiger partial charge is 0.393 e. The highest BCUT2D eigenvalue weighted by Crippen LogP contribution is 2.37. The Morgan fingerprint density at radius 2 is 2.08 bits per heavy atom. The second-order valence-electron chi connectivity index (χ2n) is 6.01. The van der Waals surface area contributed by atoms with Gasteiger partial charge in [0.1, 0.15) is 6.07 Å². The molecule has 1 aliphatic rings. The van der Waals surface area contributed by atoms with Crippen LogP contribution in [-0.2, 0) is 0 Å². The second kappa shape index (κ2) is 6.29. The fourth-order valence-corrected chi connectivity index (χ4v) is 3.27. The van der Waals surface area contributed by atoms with Crippen molar-refractivity contribution in [2.75, 3.05) is 25.0 Å². The summed E-state index contributed by atoms with van der Waals surface area (Å²) in [7, 11) is 1.68. The molecule has 24 heavy (non-hydrogen) atoms. The van der Waals surface area contributed by atoms with Crippen molar-refractivity contribution in [1.82, 2.24) is 10.3 Å². The standard InChI is InChI=1S/C17H17F3N4/c1-22-13-7-12(17(18,19)20)9-24(10-13)15-5-4-11(8-21)16-14(15)3-2-6-23-16/h2-6,12-13,22H,7,9-10H2,1H3. The van der Waals surface area contributed by atoms with E-state index in [1.165, 1.54) is 0 Å². The summed E-state index contributed by atoms with van der Waals surface area (Å²) in [6.45, 7) is 0.399. The van der Waals surface area contributed by atoms with Gasteiger partial charge in [0.2, 0.25) is 0 Å². The van der Waals surface area contributed by atoms with Gasteiger partial charge in [-0.1, -0.05) is 0 Å². The number of alkyl halides is 3. The quantitative estimate of drug-likeness (QED) is 0.917. The van der Waals surface area contributed by atoms with E-state index in [9.17, 15) is 18.4 Å². The van der Waals surface area contributed by atoms with E-state index in [0.717, 1.165) is 0 Å². The number of aromatic nitrogens is 1. The number of fused-ring (bicyclic) bond motifs is 1. The van der Waals surface area contributed by atoms with Crippen LogP contribution in [0.3, 0.4) is 0 Å². The Hall–Kier alpha value is -2.33. The average molecular weight is 334 g/mol. The van der Waals surface area contributed by atoms with E-state index in [0.29, 0.717) is 28.7 Å². The zero-order valence-corrected chi connectivity index (χ0v) is 13.1. The molecular weight excluding hydrogens is 317 g/mol. The number of halogens is 3. The average Bonchev–Trinajstić information content (AvgIpc) is 2.59. The highest BCUT2D eigenvalue weighted by molar-refractivity contribution is 5.95. The smallest absolute Gasteiger partial charge is 0.369 e. The molecule has 0 radical (unpaired) electrons. The molecule has 1 aliphatic heterocycles. The molecular formula is C17H17F3N4. The van der Waals surface area contributed by atoms with E-state index < -0.39 is 12.1 Å². The van der Waals surface area contributed by atoms with E-state index >= 15 is 0 Å². The molecule has 4 nitrogen and oxygen atoms in total. The number of hydrogen-bond donors (Lipinski definition) is 1. The van der Waals surface area contributed by atoms with Gasteiger partial charge in [0.05, 0.1) is 17.0 Å². The first-order chi connectivity index (χ1) is 11.4. The SMILES string of the molecule is CNC1CC(C(F)(F)F)CN(c2ccc(C#N)c3ncccc23)C1. The lowest BCUT2D eigenvalue weighted by atomic mass is 9.92. The first-order valence-electron chi connectivity index (χ1n) is 7.70. The third kappa shape index (κ3) is 3.02.